The molecule has 0 bridgehead atoms. The van der Waals surface area contributed by atoms with Crippen LogP contribution in [0, 0.1) is 11.2 Å². The molecule has 1 aromatic carbocycles. The van der Waals surface area contributed by atoms with Crippen LogP contribution in [0.5, 0.6) is 0 Å². The number of halogens is 2. The Hall–Kier alpha value is -1.43. The molecule has 0 radical (unpaired) electrons. The Kier molecular flexibility index (Phi) is 3.62. The van der Waals surface area contributed by atoms with Gasteiger partial charge < -0.3 is 9.47 Å². The molecule has 0 amide bonds. The minimum atomic E-state index is -1.30. The minimum absolute atomic E-state index is 0.302. The maximum atomic E-state index is 13.1. The van der Waals surface area contributed by atoms with Crippen molar-refractivity contribution in [3.05, 3.63) is 34.1 Å². The fourth-order valence-corrected chi connectivity index (χ4v) is 2.95. The van der Waals surface area contributed by atoms with Gasteiger partial charge in [-0.2, -0.15) is 0 Å². The van der Waals surface area contributed by atoms with E-state index >= 15 is 0 Å². The van der Waals surface area contributed by atoms with Crippen molar-refractivity contribution in [1.29, 1.82) is 0 Å². The quantitative estimate of drug-likeness (QED) is 0.630. The predicted octanol–water partition coefficient (Wildman–Crippen LogP) is 2.41. The van der Waals surface area contributed by atoms with Crippen LogP contribution < -0.4 is 0 Å². The molecule has 1 atom stereocenters. The third-order valence-electron chi connectivity index (χ3n) is 3.40. The number of carbonyl (C=O) groups excluding carboxylic acids is 2. The summed E-state index contributed by atoms with van der Waals surface area (Å²) in [6.07, 6.45) is 0.302. The molecule has 2 rings (SSSR count). The molecule has 1 aliphatic carbocycles. The van der Waals surface area contributed by atoms with Crippen LogP contribution in [0.1, 0.15) is 17.9 Å². The number of esters is 2. The second kappa shape index (κ2) is 4.92. The zero-order chi connectivity index (χ0) is 14.2. The molecule has 1 fully saturated rings. The van der Waals surface area contributed by atoms with Crippen molar-refractivity contribution < 1.29 is 23.5 Å². The number of carbonyl (C=O) groups is 2. The van der Waals surface area contributed by atoms with Crippen LogP contribution in [0.2, 0.25) is 0 Å². The Morgan fingerprint density at radius 1 is 1.32 bits per heavy atom. The van der Waals surface area contributed by atoms with Crippen molar-refractivity contribution in [2.24, 2.45) is 5.41 Å². The van der Waals surface area contributed by atoms with Crippen molar-refractivity contribution >= 4 is 27.9 Å². The molecule has 0 spiro atoms. The van der Waals surface area contributed by atoms with E-state index in [-0.39, 0.29) is 5.92 Å². The van der Waals surface area contributed by atoms with E-state index in [1.54, 1.807) is 6.07 Å². The second-order valence-corrected chi connectivity index (χ2v) is 5.23. The van der Waals surface area contributed by atoms with Crippen molar-refractivity contribution in [2.75, 3.05) is 14.2 Å². The molecule has 0 unspecified atom stereocenters. The molecule has 1 saturated carbocycles. The first-order valence-electron chi connectivity index (χ1n) is 5.59. The van der Waals surface area contributed by atoms with Gasteiger partial charge in [0.1, 0.15) is 5.82 Å². The fraction of sp³-hybridized carbons (Fsp3) is 0.385. The van der Waals surface area contributed by atoms with Crippen LogP contribution in [-0.2, 0) is 19.1 Å². The van der Waals surface area contributed by atoms with Gasteiger partial charge in [0.15, 0.2) is 5.41 Å². The zero-order valence-corrected chi connectivity index (χ0v) is 12.0. The molecular weight excluding hydrogens is 319 g/mol. The zero-order valence-electron chi connectivity index (χ0n) is 10.4. The molecule has 6 heteroatoms. The molecule has 19 heavy (non-hydrogen) atoms. The average Bonchev–Trinajstić information content (AvgIpc) is 3.13. The maximum absolute atomic E-state index is 13.1. The highest BCUT2D eigenvalue weighted by atomic mass is 79.9. The first kappa shape index (κ1) is 14.0. The van der Waals surface area contributed by atoms with Crippen molar-refractivity contribution in [3.63, 3.8) is 0 Å². The molecule has 1 aliphatic rings. The molecule has 0 aromatic heterocycles. The van der Waals surface area contributed by atoms with Crippen LogP contribution in [-0.4, -0.2) is 26.2 Å². The Morgan fingerprint density at radius 3 is 2.37 bits per heavy atom. The lowest BCUT2D eigenvalue weighted by Gasteiger charge is -2.13. The van der Waals surface area contributed by atoms with Gasteiger partial charge in [-0.1, -0.05) is 22.0 Å². The monoisotopic (exact) mass is 330 g/mol. The van der Waals surface area contributed by atoms with Gasteiger partial charge in [-0.05, 0) is 24.1 Å². The van der Waals surface area contributed by atoms with E-state index in [1.807, 2.05) is 0 Å². The number of hydrogen-bond acceptors (Lipinski definition) is 4. The smallest absolute Gasteiger partial charge is 0.323 e. The standard InChI is InChI=1S/C13H12BrFO4/c1-18-11(16)13(12(17)19-2)6-9(13)8-4-3-7(15)5-10(8)14/h3-5,9H,6H2,1-2H3/t9-/m1/s1. The molecule has 0 saturated heterocycles. The van der Waals surface area contributed by atoms with Gasteiger partial charge in [-0.15, -0.1) is 0 Å². The van der Waals surface area contributed by atoms with Crippen LogP contribution in [0.4, 0.5) is 4.39 Å². The number of ether oxygens (including phenoxy) is 2. The summed E-state index contributed by atoms with van der Waals surface area (Å²) in [7, 11) is 2.45. The Labute approximate surface area is 118 Å². The third-order valence-corrected chi connectivity index (χ3v) is 4.08. The van der Waals surface area contributed by atoms with E-state index in [1.165, 1.54) is 26.4 Å². The molecular formula is C13H12BrFO4. The average molecular weight is 331 g/mol. The van der Waals surface area contributed by atoms with E-state index in [0.717, 1.165) is 0 Å². The summed E-state index contributed by atoms with van der Waals surface area (Å²) in [4.78, 5) is 23.7. The third kappa shape index (κ3) is 2.14. The van der Waals surface area contributed by atoms with Gasteiger partial charge in [0.25, 0.3) is 0 Å². The van der Waals surface area contributed by atoms with E-state index in [0.29, 0.717) is 16.5 Å². The normalized spacial score (nSPS) is 19.7. The lowest BCUT2D eigenvalue weighted by molar-refractivity contribution is -0.161. The number of rotatable bonds is 3. The summed E-state index contributed by atoms with van der Waals surface area (Å²) in [5, 5.41) is 0. The lowest BCUT2D eigenvalue weighted by atomic mass is 9.99. The highest BCUT2D eigenvalue weighted by Crippen LogP contribution is 2.61. The van der Waals surface area contributed by atoms with E-state index in [4.69, 9.17) is 0 Å². The summed E-state index contributed by atoms with van der Waals surface area (Å²) < 4.78 is 23.0. The van der Waals surface area contributed by atoms with Crippen LogP contribution in [0.3, 0.4) is 0 Å². The maximum Gasteiger partial charge on any atom is 0.323 e. The lowest BCUT2D eigenvalue weighted by Crippen LogP contribution is -2.30. The number of hydrogen-bond donors (Lipinski definition) is 0. The number of benzene rings is 1. The van der Waals surface area contributed by atoms with Crippen LogP contribution >= 0.6 is 15.9 Å². The molecule has 0 aliphatic heterocycles. The summed E-state index contributed by atoms with van der Waals surface area (Å²) in [5.41, 5.74) is -0.610. The van der Waals surface area contributed by atoms with Crippen LogP contribution in [0.15, 0.2) is 22.7 Å². The van der Waals surface area contributed by atoms with Gasteiger partial charge in [-0.3, -0.25) is 9.59 Å². The topological polar surface area (TPSA) is 52.6 Å². The van der Waals surface area contributed by atoms with Gasteiger partial charge in [0.05, 0.1) is 14.2 Å². The van der Waals surface area contributed by atoms with Gasteiger partial charge in [0.2, 0.25) is 0 Å². The van der Waals surface area contributed by atoms with E-state index in [2.05, 4.69) is 25.4 Å². The highest BCUT2D eigenvalue weighted by molar-refractivity contribution is 9.10. The largest absolute Gasteiger partial charge is 0.468 e. The highest BCUT2D eigenvalue weighted by Gasteiger charge is 2.68. The van der Waals surface area contributed by atoms with E-state index < -0.39 is 23.2 Å². The molecule has 1 aromatic rings. The van der Waals surface area contributed by atoms with Gasteiger partial charge >= 0.3 is 11.9 Å². The SMILES string of the molecule is COC(=O)C1(C(=O)OC)C[C@@H]1c1ccc(F)cc1Br. The Balaban J connectivity index is 2.38. The molecule has 0 heterocycles. The molecule has 4 nitrogen and oxygen atoms in total. The summed E-state index contributed by atoms with van der Waals surface area (Å²) in [6.45, 7) is 0. The van der Waals surface area contributed by atoms with Crippen LogP contribution in [0.25, 0.3) is 0 Å². The summed E-state index contributed by atoms with van der Waals surface area (Å²) >= 11 is 3.24. The van der Waals surface area contributed by atoms with Gasteiger partial charge in [0, 0.05) is 10.4 Å². The molecule has 102 valence electrons. The van der Waals surface area contributed by atoms with Crippen molar-refractivity contribution in [3.8, 4) is 0 Å². The predicted molar refractivity (Wildman–Crippen MR) is 67.9 cm³/mol. The van der Waals surface area contributed by atoms with Gasteiger partial charge in [-0.25, -0.2) is 4.39 Å². The molecule has 0 N–H and O–H groups in total. The summed E-state index contributed by atoms with van der Waals surface area (Å²) in [5.74, 6) is -2.00. The Morgan fingerprint density at radius 2 is 1.89 bits per heavy atom. The summed E-state index contributed by atoms with van der Waals surface area (Å²) in [6, 6.07) is 4.14. The minimum Gasteiger partial charge on any atom is -0.468 e. The first-order valence-corrected chi connectivity index (χ1v) is 6.38. The first-order chi connectivity index (χ1) is 8.97. The second-order valence-electron chi connectivity index (χ2n) is 4.38. The number of methoxy groups -OCH3 is 2. The van der Waals surface area contributed by atoms with E-state index in [9.17, 15) is 14.0 Å². The Bertz CT molecular complexity index is 527. The van der Waals surface area contributed by atoms with Crippen molar-refractivity contribution in [1.82, 2.24) is 0 Å². The fourth-order valence-electron chi connectivity index (χ4n) is 2.32. The van der Waals surface area contributed by atoms with Crippen molar-refractivity contribution in [2.45, 2.75) is 12.3 Å².